The average Bonchev–Trinajstić information content (AvgIpc) is 3.29. The molecular weight excluding hydrogens is 571 g/mol. The number of piperidine rings is 1. The SMILES string of the molecule is Cc1ccc(S(=O)(=O)n2cc(-c3ncc(F)c(NC4CCCN(OC(=O)C(C)(C)C)C4)n3)c3cc(Cl)cnc32)cc1. The topological polar surface area (TPSA) is 119 Å². The Balaban J connectivity index is 1.48. The van der Waals surface area contributed by atoms with Gasteiger partial charge in [0, 0.05) is 35.9 Å². The molecule has 0 radical (unpaired) electrons. The Labute approximate surface area is 242 Å². The number of hydroxylamine groups is 2. The van der Waals surface area contributed by atoms with E-state index in [1.165, 1.54) is 24.5 Å². The van der Waals surface area contributed by atoms with E-state index in [4.69, 9.17) is 16.4 Å². The Bertz CT molecular complexity index is 1720. The van der Waals surface area contributed by atoms with E-state index < -0.39 is 21.3 Å². The van der Waals surface area contributed by atoms with Gasteiger partial charge in [-0.15, -0.1) is 5.06 Å². The summed E-state index contributed by atoms with van der Waals surface area (Å²) in [6.07, 6.45) is 5.18. The second-order valence-corrected chi connectivity index (χ2v) is 13.3. The Hall–Kier alpha value is -3.61. The first-order valence-electron chi connectivity index (χ1n) is 13.1. The third kappa shape index (κ3) is 6.04. The third-order valence-electron chi connectivity index (χ3n) is 6.69. The number of fused-ring (bicyclic) bond motifs is 1. The van der Waals surface area contributed by atoms with Crippen LogP contribution in [0.15, 0.2) is 53.8 Å². The van der Waals surface area contributed by atoms with Crippen LogP contribution in [0.3, 0.4) is 0 Å². The van der Waals surface area contributed by atoms with Crippen LogP contribution >= 0.6 is 11.6 Å². The van der Waals surface area contributed by atoms with Crippen LogP contribution in [-0.4, -0.2) is 57.5 Å². The summed E-state index contributed by atoms with van der Waals surface area (Å²) in [7, 11) is -4.03. The van der Waals surface area contributed by atoms with E-state index >= 15 is 0 Å². The predicted octanol–water partition coefficient (Wildman–Crippen LogP) is 5.21. The van der Waals surface area contributed by atoms with Crippen molar-refractivity contribution in [2.45, 2.75) is 51.5 Å². The number of aryl methyl sites for hydroxylation is 1. The number of nitrogens with one attached hydrogen (secondary N) is 1. The zero-order chi connectivity index (χ0) is 29.5. The lowest BCUT2D eigenvalue weighted by molar-refractivity contribution is -0.204. The van der Waals surface area contributed by atoms with Crippen molar-refractivity contribution >= 4 is 44.4 Å². The molecule has 10 nitrogen and oxygen atoms in total. The molecule has 4 heterocycles. The maximum atomic E-state index is 14.9. The van der Waals surface area contributed by atoms with Gasteiger partial charge in [0.15, 0.2) is 23.1 Å². The summed E-state index contributed by atoms with van der Waals surface area (Å²) in [5.74, 6) is -0.989. The van der Waals surface area contributed by atoms with Crippen molar-refractivity contribution < 1.29 is 22.4 Å². The fraction of sp³-hybridized carbons (Fsp3) is 0.357. The molecule has 1 N–H and O–H groups in total. The molecule has 1 atom stereocenters. The summed E-state index contributed by atoms with van der Waals surface area (Å²) >= 11 is 6.22. The first kappa shape index (κ1) is 28.9. The van der Waals surface area contributed by atoms with Crippen LogP contribution in [0.5, 0.6) is 0 Å². The monoisotopic (exact) mass is 600 g/mol. The average molecular weight is 601 g/mol. The third-order valence-corrected chi connectivity index (χ3v) is 8.56. The first-order chi connectivity index (χ1) is 19.3. The van der Waals surface area contributed by atoms with Crippen molar-refractivity contribution in [2.75, 3.05) is 18.4 Å². The van der Waals surface area contributed by atoms with Gasteiger partial charge in [-0.2, -0.15) is 0 Å². The number of hydrogen-bond acceptors (Lipinski definition) is 9. The molecule has 3 aromatic heterocycles. The summed E-state index contributed by atoms with van der Waals surface area (Å²) in [6, 6.07) is 7.78. The van der Waals surface area contributed by atoms with Gasteiger partial charge < -0.3 is 10.2 Å². The Morgan fingerprint density at radius 2 is 1.90 bits per heavy atom. The van der Waals surface area contributed by atoms with Crippen molar-refractivity contribution in [3.63, 3.8) is 0 Å². The highest BCUT2D eigenvalue weighted by Gasteiger charge is 2.30. The number of halogens is 2. The second kappa shape index (κ2) is 11.0. The molecular formula is C28H30ClFN6O4S. The van der Waals surface area contributed by atoms with Gasteiger partial charge in [-0.05, 0) is 58.7 Å². The normalized spacial score (nSPS) is 16.6. The van der Waals surface area contributed by atoms with E-state index in [9.17, 15) is 17.6 Å². The van der Waals surface area contributed by atoms with Gasteiger partial charge in [0.1, 0.15) is 0 Å². The van der Waals surface area contributed by atoms with Gasteiger partial charge >= 0.3 is 5.97 Å². The molecule has 216 valence electrons. The minimum Gasteiger partial charge on any atom is -0.367 e. The van der Waals surface area contributed by atoms with Gasteiger partial charge in [0.05, 0.1) is 28.1 Å². The molecule has 41 heavy (non-hydrogen) atoms. The largest absolute Gasteiger partial charge is 0.367 e. The number of pyridine rings is 1. The quantitative estimate of drug-likeness (QED) is 0.318. The maximum absolute atomic E-state index is 14.9. The van der Waals surface area contributed by atoms with Crippen LogP contribution in [-0.2, 0) is 19.7 Å². The molecule has 1 aliphatic rings. The minimum atomic E-state index is -4.03. The van der Waals surface area contributed by atoms with Crippen molar-refractivity contribution in [1.29, 1.82) is 0 Å². The number of nitrogens with zero attached hydrogens (tertiary/aromatic N) is 5. The van der Waals surface area contributed by atoms with Gasteiger partial charge in [0.2, 0.25) is 0 Å². The summed E-state index contributed by atoms with van der Waals surface area (Å²) < 4.78 is 43.1. The molecule has 0 aliphatic carbocycles. The van der Waals surface area contributed by atoms with Crippen LogP contribution in [0.2, 0.25) is 5.02 Å². The fourth-order valence-electron chi connectivity index (χ4n) is 4.43. The zero-order valence-electron chi connectivity index (χ0n) is 23.1. The molecule has 0 spiro atoms. The number of carbonyl (C=O) groups is 1. The van der Waals surface area contributed by atoms with Crippen LogP contribution < -0.4 is 5.32 Å². The van der Waals surface area contributed by atoms with Crippen molar-refractivity contribution in [3.8, 4) is 11.4 Å². The molecule has 1 unspecified atom stereocenters. The van der Waals surface area contributed by atoms with Crippen LogP contribution in [0.25, 0.3) is 22.4 Å². The number of hydrogen-bond donors (Lipinski definition) is 1. The predicted molar refractivity (Wildman–Crippen MR) is 153 cm³/mol. The Morgan fingerprint density at radius 1 is 1.17 bits per heavy atom. The number of aromatic nitrogens is 4. The lowest BCUT2D eigenvalue weighted by atomic mass is 9.98. The van der Waals surface area contributed by atoms with Crippen LogP contribution in [0.1, 0.15) is 39.2 Å². The fourth-order valence-corrected chi connectivity index (χ4v) is 5.91. The smallest absolute Gasteiger partial charge is 0.330 e. The summed E-state index contributed by atoms with van der Waals surface area (Å²) in [6.45, 7) is 8.11. The number of benzene rings is 1. The van der Waals surface area contributed by atoms with Crippen molar-refractivity contribution in [3.05, 3.63) is 65.3 Å². The number of rotatable bonds is 6. The Kier molecular flexibility index (Phi) is 7.75. The summed E-state index contributed by atoms with van der Waals surface area (Å²) in [5.41, 5.74) is 0.715. The number of carbonyl (C=O) groups excluding carboxylic acids is 1. The molecule has 1 saturated heterocycles. The lowest BCUT2D eigenvalue weighted by Gasteiger charge is -2.33. The van der Waals surface area contributed by atoms with Crippen LogP contribution in [0, 0.1) is 18.2 Å². The second-order valence-electron chi connectivity index (χ2n) is 11.1. The lowest BCUT2D eigenvalue weighted by Crippen LogP contribution is -2.44. The van der Waals surface area contributed by atoms with Gasteiger partial charge in [0.25, 0.3) is 10.0 Å². The van der Waals surface area contributed by atoms with E-state index in [1.54, 1.807) is 44.0 Å². The molecule has 5 rings (SSSR count). The van der Waals surface area contributed by atoms with Crippen LogP contribution in [0.4, 0.5) is 10.2 Å². The molecule has 1 aliphatic heterocycles. The van der Waals surface area contributed by atoms with E-state index in [2.05, 4.69) is 20.3 Å². The molecule has 1 aromatic carbocycles. The van der Waals surface area contributed by atoms with E-state index in [0.29, 0.717) is 30.5 Å². The standard InChI is InChI=1S/C28H30ClFN6O4S/c1-17-7-9-20(10-8-17)41(38,39)36-16-22(21-12-18(29)13-32-26(21)36)24-31-14-23(30)25(34-24)33-19-6-5-11-35(15-19)40-27(37)28(2,3)4/h7-10,12-14,16,19H,5-6,11,15H2,1-4H3,(H,31,33,34). The van der Waals surface area contributed by atoms with Gasteiger partial charge in [-0.25, -0.2) is 36.5 Å². The maximum Gasteiger partial charge on any atom is 0.330 e. The molecule has 0 saturated carbocycles. The molecule has 4 aromatic rings. The van der Waals surface area contributed by atoms with E-state index in [-0.39, 0.29) is 39.2 Å². The van der Waals surface area contributed by atoms with Gasteiger partial charge in [-0.3, -0.25) is 0 Å². The van der Waals surface area contributed by atoms with E-state index in [0.717, 1.165) is 22.2 Å². The van der Waals surface area contributed by atoms with E-state index in [1.807, 2.05) is 6.92 Å². The van der Waals surface area contributed by atoms with Crippen molar-refractivity contribution in [2.24, 2.45) is 5.41 Å². The first-order valence-corrected chi connectivity index (χ1v) is 14.9. The molecule has 13 heteroatoms. The highest BCUT2D eigenvalue weighted by molar-refractivity contribution is 7.90. The summed E-state index contributed by atoms with van der Waals surface area (Å²) in [5, 5.41) is 5.36. The van der Waals surface area contributed by atoms with Gasteiger partial charge in [-0.1, -0.05) is 29.3 Å². The zero-order valence-corrected chi connectivity index (χ0v) is 24.6. The molecule has 0 bridgehead atoms. The summed E-state index contributed by atoms with van der Waals surface area (Å²) in [4.78, 5) is 30.8. The highest BCUT2D eigenvalue weighted by atomic mass is 35.5. The molecule has 1 fully saturated rings. The highest BCUT2D eigenvalue weighted by Crippen LogP contribution is 2.33. The molecule has 0 amide bonds. The number of anilines is 1. The Morgan fingerprint density at radius 3 is 2.61 bits per heavy atom. The van der Waals surface area contributed by atoms with Crippen molar-refractivity contribution in [1.82, 2.24) is 24.0 Å². The minimum absolute atomic E-state index is 0.0544.